The SMILES string of the molecule is CC(C)(C)OC(=O)C(CCN(CCCC(=O)O)C1CCCc2ccccc21)NC(=O)OCC1c2ccccc2-c2ccccc21. The number of alkyl carbamates (subject to hydrolysis) is 1. The van der Waals surface area contributed by atoms with Crippen LogP contribution in [0.4, 0.5) is 4.79 Å². The Kier molecular flexibility index (Phi) is 10.2. The minimum atomic E-state index is -0.930. The second kappa shape index (κ2) is 14.3. The number of carboxylic acids is 1. The van der Waals surface area contributed by atoms with Crippen LogP contribution >= 0.6 is 0 Å². The van der Waals surface area contributed by atoms with Crippen LogP contribution in [0.2, 0.25) is 0 Å². The molecule has 8 heteroatoms. The summed E-state index contributed by atoms with van der Waals surface area (Å²) < 4.78 is 11.5. The molecule has 0 aliphatic heterocycles. The normalized spacial score (nSPS) is 16.3. The summed E-state index contributed by atoms with van der Waals surface area (Å²) in [7, 11) is 0. The number of hydrogen-bond donors (Lipinski definition) is 2. The Morgan fingerprint density at radius 1 is 0.911 bits per heavy atom. The highest BCUT2D eigenvalue weighted by Gasteiger charge is 2.32. The molecule has 2 atom stereocenters. The van der Waals surface area contributed by atoms with E-state index in [4.69, 9.17) is 9.47 Å². The first-order valence-corrected chi connectivity index (χ1v) is 16.0. The number of carboxylic acid groups (broad SMARTS) is 1. The number of fused-ring (bicyclic) bond motifs is 4. The van der Waals surface area contributed by atoms with Crippen LogP contribution in [0.5, 0.6) is 0 Å². The van der Waals surface area contributed by atoms with Crippen LogP contribution in [-0.4, -0.2) is 59.4 Å². The molecule has 0 saturated carbocycles. The van der Waals surface area contributed by atoms with E-state index in [2.05, 4.69) is 46.6 Å². The standard InChI is InChI=1S/C37H44N2O6/c1-37(2,3)45-35(42)32(21-23-39(22-11-20-34(40)41)33-19-10-13-25-12-4-5-14-26(25)33)38-36(43)44-24-31-29-17-8-6-15-27(29)28-16-7-9-18-30(28)31/h4-9,12,14-18,31-33H,10-11,13,19-24H2,1-3H3,(H,38,43)(H,40,41). The largest absolute Gasteiger partial charge is 0.481 e. The van der Waals surface area contributed by atoms with E-state index >= 15 is 0 Å². The molecule has 8 nitrogen and oxygen atoms in total. The van der Waals surface area contributed by atoms with Crippen LogP contribution in [-0.2, 0) is 25.5 Å². The van der Waals surface area contributed by atoms with Gasteiger partial charge in [0.2, 0.25) is 0 Å². The molecular weight excluding hydrogens is 568 g/mol. The van der Waals surface area contributed by atoms with E-state index in [1.54, 1.807) is 20.8 Å². The molecule has 0 spiro atoms. The van der Waals surface area contributed by atoms with Crippen molar-refractivity contribution in [2.45, 2.75) is 82.9 Å². The van der Waals surface area contributed by atoms with Gasteiger partial charge in [-0.25, -0.2) is 9.59 Å². The summed E-state index contributed by atoms with van der Waals surface area (Å²) >= 11 is 0. The lowest BCUT2D eigenvalue weighted by Gasteiger charge is -2.36. The summed E-state index contributed by atoms with van der Waals surface area (Å²) in [6.45, 7) is 6.58. The van der Waals surface area contributed by atoms with Crippen molar-refractivity contribution in [2.75, 3.05) is 19.7 Å². The third-order valence-corrected chi connectivity index (χ3v) is 8.65. The Morgan fingerprint density at radius 2 is 1.53 bits per heavy atom. The Labute approximate surface area is 265 Å². The molecule has 0 radical (unpaired) electrons. The maximum Gasteiger partial charge on any atom is 0.407 e. The van der Waals surface area contributed by atoms with E-state index in [0.717, 1.165) is 41.5 Å². The highest BCUT2D eigenvalue weighted by Crippen LogP contribution is 2.44. The quantitative estimate of drug-likeness (QED) is 0.215. The van der Waals surface area contributed by atoms with Crippen molar-refractivity contribution < 1.29 is 29.0 Å². The fourth-order valence-corrected chi connectivity index (χ4v) is 6.66. The number of carbonyl (C=O) groups excluding carboxylic acids is 2. The molecule has 2 aliphatic rings. The smallest absolute Gasteiger partial charge is 0.407 e. The monoisotopic (exact) mass is 612 g/mol. The first-order valence-electron chi connectivity index (χ1n) is 16.0. The zero-order valence-electron chi connectivity index (χ0n) is 26.5. The molecule has 5 rings (SSSR count). The molecule has 238 valence electrons. The van der Waals surface area contributed by atoms with Gasteiger partial charge in [0.25, 0.3) is 0 Å². The number of aryl methyl sites for hydroxylation is 1. The van der Waals surface area contributed by atoms with Gasteiger partial charge in [-0.15, -0.1) is 0 Å². The molecule has 0 fully saturated rings. The number of amides is 1. The van der Waals surface area contributed by atoms with Gasteiger partial charge in [-0.1, -0.05) is 72.8 Å². The van der Waals surface area contributed by atoms with Crippen molar-refractivity contribution in [2.24, 2.45) is 0 Å². The second-order valence-electron chi connectivity index (χ2n) is 13.0. The van der Waals surface area contributed by atoms with Gasteiger partial charge in [0, 0.05) is 24.9 Å². The molecule has 0 bridgehead atoms. The van der Waals surface area contributed by atoms with Crippen molar-refractivity contribution in [3.05, 3.63) is 95.1 Å². The average Bonchev–Trinajstić information content (AvgIpc) is 3.33. The maximum absolute atomic E-state index is 13.4. The van der Waals surface area contributed by atoms with Gasteiger partial charge in [0.05, 0.1) is 0 Å². The van der Waals surface area contributed by atoms with Gasteiger partial charge < -0.3 is 19.9 Å². The summed E-state index contributed by atoms with van der Waals surface area (Å²) in [5.74, 6) is -1.45. The minimum absolute atomic E-state index is 0.0678. The number of ether oxygens (including phenoxy) is 2. The van der Waals surface area contributed by atoms with Gasteiger partial charge in [-0.3, -0.25) is 9.69 Å². The molecule has 1 amide bonds. The number of carbonyl (C=O) groups is 3. The fourth-order valence-electron chi connectivity index (χ4n) is 6.66. The van der Waals surface area contributed by atoms with Crippen molar-refractivity contribution in [1.82, 2.24) is 10.2 Å². The first kappa shape index (κ1) is 32.2. The van der Waals surface area contributed by atoms with E-state index in [1.165, 1.54) is 11.1 Å². The van der Waals surface area contributed by atoms with Gasteiger partial charge >= 0.3 is 18.0 Å². The minimum Gasteiger partial charge on any atom is -0.481 e. The van der Waals surface area contributed by atoms with Crippen LogP contribution in [0.3, 0.4) is 0 Å². The van der Waals surface area contributed by atoms with E-state index in [0.29, 0.717) is 25.9 Å². The molecule has 0 aromatic heterocycles. The summed E-state index contributed by atoms with van der Waals surface area (Å²) in [4.78, 5) is 40.2. The Hall–Kier alpha value is -4.17. The van der Waals surface area contributed by atoms with E-state index < -0.39 is 29.7 Å². The molecule has 2 unspecified atom stereocenters. The third kappa shape index (κ3) is 8.11. The number of rotatable bonds is 12. The topological polar surface area (TPSA) is 105 Å². The van der Waals surface area contributed by atoms with Crippen molar-refractivity contribution in [3.8, 4) is 11.1 Å². The lowest BCUT2D eigenvalue weighted by atomic mass is 9.86. The number of nitrogens with zero attached hydrogens (tertiary/aromatic N) is 1. The van der Waals surface area contributed by atoms with Gasteiger partial charge in [-0.2, -0.15) is 0 Å². The summed E-state index contributed by atoms with van der Waals surface area (Å²) in [5, 5.41) is 12.1. The summed E-state index contributed by atoms with van der Waals surface area (Å²) in [6, 6.07) is 23.8. The highest BCUT2D eigenvalue weighted by molar-refractivity contribution is 5.82. The lowest BCUT2D eigenvalue weighted by molar-refractivity contribution is -0.157. The molecule has 45 heavy (non-hydrogen) atoms. The third-order valence-electron chi connectivity index (χ3n) is 8.65. The number of nitrogens with one attached hydrogen (secondary N) is 1. The molecule has 3 aromatic carbocycles. The molecule has 3 aromatic rings. The Bertz CT molecular complexity index is 1470. The van der Waals surface area contributed by atoms with E-state index in [-0.39, 0.29) is 25.0 Å². The number of hydrogen-bond acceptors (Lipinski definition) is 6. The first-order chi connectivity index (χ1) is 21.6. The Balaban J connectivity index is 1.29. The van der Waals surface area contributed by atoms with Crippen molar-refractivity contribution in [1.29, 1.82) is 0 Å². The van der Waals surface area contributed by atoms with Crippen LogP contribution < -0.4 is 5.32 Å². The Morgan fingerprint density at radius 3 is 2.18 bits per heavy atom. The molecule has 0 saturated heterocycles. The molecular formula is C37H44N2O6. The second-order valence-corrected chi connectivity index (χ2v) is 13.0. The van der Waals surface area contributed by atoms with Crippen LogP contribution in [0.1, 0.15) is 87.1 Å². The summed E-state index contributed by atoms with van der Waals surface area (Å²) in [6.07, 6.45) is 3.17. The fraction of sp³-hybridized carbons (Fsp3) is 0.432. The highest BCUT2D eigenvalue weighted by atomic mass is 16.6. The molecule has 2 N–H and O–H groups in total. The molecule has 0 heterocycles. The zero-order chi connectivity index (χ0) is 32.0. The van der Waals surface area contributed by atoms with E-state index in [1.807, 2.05) is 36.4 Å². The summed E-state index contributed by atoms with van der Waals surface area (Å²) in [5.41, 5.74) is 6.32. The van der Waals surface area contributed by atoms with Crippen LogP contribution in [0.25, 0.3) is 11.1 Å². The van der Waals surface area contributed by atoms with Gasteiger partial charge in [0.15, 0.2) is 0 Å². The van der Waals surface area contributed by atoms with Crippen molar-refractivity contribution in [3.63, 3.8) is 0 Å². The van der Waals surface area contributed by atoms with Crippen LogP contribution in [0, 0.1) is 0 Å². The van der Waals surface area contributed by atoms with E-state index in [9.17, 15) is 19.5 Å². The van der Waals surface area contributed by atoms with Crippen LogP contribution in [0.15, 0.2) is 72.8 Å². The number of benzene rings is 3. The maximum atomic E-state index is 13.4. The predicted molar refractivity (Wildman–Crippen MR) is 173 cm³/mol. The van der Waals surface area contributed by atoms with Gasteiger partial charge in [-0.05, 0) is 92.8 Å². The predicted octanol–water partition coefficient (Wildman–Crippen LogP) is 6.87. The van der Waals surface area contributed by atoms with Gasteiger partial charge in [0.1, 0.15) is 18.2 Å². The molecule has 2 aliphatic carbocycles. The lowest BCUT2D eigenvalue weighted by Crippen LogP contribution is -2.46. The average molecular weight is 613 g/mol. The zero-order valence-corrected chi connectivity index (χ0v) is 26.5. The number of esters is 1. The van der Waals surface area contributed by atoms with Crippen molar-refractivity contribution >= 4 is 18.0 Å². The number of aliphatic carboxylic acids is 1.